The second-order valence-corrected chi connectivity index (χ2v) is 7.48. The third-order valence-electron chi connectivity index (χ3n) is 5.40. The highest BCUT2D eigenvalue weighted by molar-refractivity contribution is 6.00. The number of aryl methyl sites for hydroxylation is 2. The van der Waals surface area contributed by atoms with E-state index in [1.807, 2.05) is 55.5 Å². The molecule has 1 saturated heterocycles. The molecule has 1 amide bonds. The highest BCUT2D eigenvalue weighted by atomic mass is 16.5. The molecule has 0 bridgehead atoms. The van der Waals surface area contributed by atoms with Crippen LogP contribution in [0, 0.1) is 13.8 Å². The second-order valence-electron chi connectivity index (χ2n) is 7.48. The van der Waals surface area contributed by atoms with Crippen molar-refractivity contribution >= 4 is 34.2 Å². The van der Waals surface area contributed by atoms with E-state index >= 15 is 0 Å². The van der Waals surface area contributed by atoms with Crippen LogP contribution in [0.15, 0.2) is 48.5 Å². The van der Waals surface area contributed by atoms with Gasteiger partial charge in [-0.05, 0) is 49.7 Å². The fraction of sp³-hybridized carbons (Fsp3) is 0.292. The molecular weight excluding hydrogens is 394 g/mol. The van der Waals surface area contributed by atoms with Gasteiger partial charge in [0.2, 0.25) is 0 Å². The van der Waals surface area contributed by atoms with Crippen LogP contribution in [-0.2, 0) is 14.3 Å². The summed E-state index contributed by atoms with van der Waals surface area (Å²) >= 11 is 0. The molecule has 0 unspecified atom stereocenters. The molecule has 0 atom stereocenters. The van der Waals surface area contributed by atoms with Gasteiger partial charge in [0.1, 0.15) is 0 Å². The maximum Gasteiger partial charge on any atom is 0.340 e. The van der Waals surface area contributed by atoms with E-state index in [4.69, 9.17) is 9.47 Å². The predicted molar refractivity (Wildman–Crippen MR) is 120 cm³/mol. The minimum atomic E-state index is -0.550. The largest absolute Gasteiger partial charge is 0.452 e. The van der Waals surface area contributed by atoms with Gasteiger partial charge in [0.25, 0.3) is 5.91 Å². The van der Waals surface area contributed by atoms with Crippen molar-refractivity contribution in [1.29, 1.82) is 0 Å². The molecule has 7 heteroatoms. The van der Waals surface area contributed by atoms with Crippen LogP contribution in [-0.4, -0.2) is 49.8 Å². The molecule has 2 aromatic carbocycles. The van der Waals surface area contributed by atoms with Crippen molar-refractivity contribution in [1.82, 2.24) is 4.98 Å². The fourth-order valence-electron chi connectivity index (χ4n) is 3.81. The fourth-order valence-corrected chi connectivity index (χ4v) is 3.81. The van der Waals surface area contributed by atoms with Gasteiger partial charge in [0, 0.05) is 29.9 Å². The summed E-state index contributed by atoms with van der Waals surface area (Å²) in [4.78, 5) is 31.7. The Balaban J connectivity index is 1.36. The number of esters is 1. The molecule has 1 aromatic heterocycles. The topological polar surface area (TPSA) is 80.8 Å². The normalized spacial score (nSPS) is 13.8. The molecule has 3 aromatic rings. The predicted octanol–water partition coefficient (Wildman–Crippen LogP) is 3.48. The molecule has 4 rings (SSSR count). The lowest BCUT2D eigenvalue weighted by atomic mass is 10.0. The molecule has 7 nitrogen and oxygen atoms in total. The first-order valence-electron chi connectivity index (χ1n) is 10.3. The summed E-state index contributed by atoms with van der Waals surface area (Å²) in [7, 11) is 0. The van der Waals surface area contributed by atoms with Gasteiger partial charge in [-0.2, -0.15) is 0 Å². The Kier molecular flexibility index (Phi) is 6.13. The molecule has 31 heavy (non-hydrogen) atoms. The minimum absolute atomic E-state index is 0.365. The molecule has 0 radical (unpaired) electrons. The molecule has 0 spiro atoms. The van der Waals surface area contributed by atoms with Crippen molar-refractivity contribution in [2.45, 2.75) is 13.8 Å². The van der Waals surface area contributed by atoms with E-state index in [0.29, 0.717) is 16.9 Å². The van der Waals surface area contributed by atoms with Crippen LogP contribution in [0.2, 0.25) is 0 Å². The van der Waals surface area contributed by atoms with E-state index in [0.717, 1.165) is 48.5 Å². The summed E-state index contributed by atoms with van der Waals surface area (Å²) in [6.45, 7) is 6.41. The second kappa shape index (κ2) is 9.14. The number of anilines is 2. The van der Waals surface area contributed by atoms with Crippen molar-refractivity contribution in [3.63, 3.8) is 0 Å². The minimum Gasteiger partial charge on any atom is -0.452 e. The van der Waals surface area contributed by atoms with Gasteiger partial charge >= 0.3 is 5.97 Å². The Hall–Kier alpha value is -3.45. The van der Waals surface area contributed by atoms with Gasteiger partial charge in [0.15, 0.2) is 6.61 Å². The first-order chi connectivity index (χ1) is 15.0. The number of carbonyl (C=O) groups is 2. The van der Waals surface area contributed by atoms with Gasteiger partial charge < -0.3 is 19.7 Å². The van der Waals surface area contributed by atoms with Crippen LogP contribution in [0.4, 0.5) is 11.4 Å². The number of benzene rings is 2. The van der Waals surface area contributed by atoms with E-state index in [1.165, 1.54) is 0 Å². The smallest absolute Gasteiger partial charge is 0.340 e. The Morgan fingerprint density at radius 1 is 1.06 bits per heavy atom. The number of pyridine rings is 1. The zero-order valence-corrected chi connectivity index (χ0v) is 17.7. The summed E-state index contributed by atoms with van der Waals surface area (Å²) < 4.78 is 10.6. The summed E-state index contributed by atoms with van der Waals surface area (Å²) in [6.07, 6.45) is 0. The number of aromatic nitrogens is 1. The zero-order valence-electron chi connectivity index (χ0n) is 17.7. The van der Waals surface area contributed by atoms with Crippen LogP contribution < -0.4 is 10.2 Å². The van der Waals surface area contributed by atoms with E-state index in [2.05, 4.69) is 15.2 Å². The molecule has 1 aliphatic heterocycles. The lowest BCUT2D eigenvalue weighted by molar-refractivity contribution is -0.119. The first kappa shape index (κ1) is 20.8. The van der Waals surface area contributed by atoms with E-state index in [1.54, 1.807) is 6.92 Å². The van der Waals surface area contributed by atoms with Gasteiger partial charge in [-0.3, -0.25) is 9.78 Å². The average molecular weight is 419 g/mol. The molecule has 160 valence electrons. The highest BCUT2D eigenvalue weighted by Gasteiger charge is 2.19. The number of nitrogens with one attached hydrogen (secondary N) is 1. The number of rotatable bonds is 5. The number of para-hydroxylation sites is 1. The van der Waals surface area contributed by atoms with Gasteiger partial charge in [-0.15, -0.1) is 0 Å². The van der Waals surface area contributed by atoms with Gasteiger partial charge in [-0.1, -0.05) is 18.2 Å². The van der Waals surface area contributed by atoms with Crippen molar-refractivity contribution in [2.75, 3.05) is 43.1 Å². The number of hydrogen-bond acceptors (Lipinski definition) is 6. The Morgan fingerprint density at radius 2 is 1.77 bits per heavy atom. The van der Waals surface area contributed by atoms with Crippen molar-refractivity contribution < 1.29 is 19.1 Å². The SMILES string of the molecule is Cc1nc2ccccc2c(C)c1C(=O)OCC(=O)Nc1ccc(N2CCOCC2)cc1. The number of carbonyl (C=O) groups excluding carboxylic acids is 2. The maximum absolute atomic E-state index is 12.6. The summed E-state index contributed by atoms with van der Waals surface area (Å²) in [6, 6.07) is 15.2. The number of fused-ring (bicyclic) bond motifs is 1. The molecule has 1 fully saturated rings. The molecule has 1 N–H and O–H groups in total. The Morgan fingerprint density at radius 3 is 2.52 bits per heavy atom. The first-order valence-corrected chi connectivity index (χ1v) is 10.3. The highest BCUT2D eigenvalue weighted by Crippen LogP contribution is 2.23. The van der Waals surface area contributed by atoms with Crippen LogP contribution in [0.5, 0.6) is 0 Å². The summed E-state index contributed by atoms with van der Waals surface area (Å²) in [5.74, 6) is -0.942. The van der Waals surface area contributed by atoms with Crippen LogP contribution in [0.1, 0.15) is 21.6 Å². The Labute approximate surface area is 181 Å². The lowest BCUT2D eigenvalue weighted by Gasteiger charge is -2.28. The standard InChI is InChI=1S/C24H25N3O4/c1-16-20-5-3-4-6-21(20)25-17(2)23(16)24(29)31-15-22(28)26-18-7-9-19(10-8-18)27-11-13-30-14-12-27/h3-10H,11-15H2,1-2H3,(H,26,28). The maximum atomic E-state index is 12.6. The molecule has 1 aliphatic rings. The average Bonchev–Trinajstić information content (AvgIpc) is 2.79. The van der Waals surface area contributed by atoms with Crippen molar-refractivity contribution in [2.24, 2.45) is 0 Å². The van der Waals surface area contributed by atoms with Crippen LogP contribution >= 0.6 is 0 Å². The number of nitrogens with zero attached hydrogens (tertiary/aromatic N) is 2. The molecule has 2 heterocycles. The number of ether oxygens (including phenoxy) is 2. The third kappa shape index (κ3) is 4.67. The molecule has 0 saturated carbocycles. The van der Waals surface area contributed by atoms with Crippen LogP contribution in [0.25, 0.3) is 10.9 Å². The van der Waals surface area contributed by atoms with E-state index < -0.39 is 11.9 Å². The molecular formula is C24H25N3O4. The van der Waals surface area contributed by atoms with Crippen molar-refractivity contribution in [3.05, 3.63) is 65.4 Å². The number of amides is 1. The Bertz CT molecular complexity index is 1110. The number of morpholine rings is 1. The van der Waals surface area contributed by atoms with E-state index in [9.17, 15) is 9.59 Å². The number of hydrogen-bond donors (Lipinski definition) is 1. The van der Waals surface area contributed by atoms with Crippen molar-refractivity contribution in [3.8, 4) is 0 Å². The van der Waals surface area contributed by atoms with E-state index in [-0.39, 0.29) is 6.61 Å². The van der Waals surface area contributed by atoms with Gasteiger partial charge in [0.05, 0.1) is 30.0 Å². The van der Waals surface area contributed by atoms with Gasteiger partial charge in [-0.25, -0.2) is 4.79 Å². The summed E-state index contributed by atoms with van der Waals surface area (Å²) in [5.41, 5.74) is 4.35. The zero-order chi connectivity index (χ0) is 21.8. The third-order valence-corrected chi connectivity index (χ3v) is 5.40. The summed E-state index contributed by atoms with van der Waals surface area (Å²) in [5, 5.41) is 3.66. The lowest BCUT2D eigenvalue weighted by Crippen LogP contribution is -2.36. The monoisotopic (exact) mass is 419 g/mol. The quantitative estimate of drug-likeness (QED) is 0.638. The van der Waals surface area contributed by atoms with Crippen LogP contribution in [0.3, 0.4) is 0 Å². The molecule has 0 aliphatic carbocycles.